The van der Waals surface area contributed by atoms with Gasteiger partial charge in [-0.2, -0.15) is 0 Å². The molecule has 4 rings (SSSR count). The van der Waals surface area contributed by atoms with Gasteiger partial charge in [0.1, 0.15) is 11.4 Å². The molecule has 0 bridgehead atoms. The van der Waals surface area contributed by atoms with E-state index in [9.17, 15) is 15.3 Å². The largest absolute Gasteiger partial charge is 0.508 e. The number of para-hydroxylation sites is 1. The van der Waals surface area contributed by atoms with Crippen molar-refractivity contribution in [2.45, 2.75) is 0 Å². The van der Waals surface area contributed by atoms with Crippen LogP contribution in [0.15, 0.2) is 60.7 Å². The summed E-state index contributed by atoms with van der Waals surface area (Å²) in [4.78, 5) is 4.31. The lowest BCUT2D eigenvalue weighted by molar-refractivity contribution is 0.402. The van der Waals surface area contributed by atoms with Crippen molar-refractivity contribution in [3.8, 4) is 23.2 Å². The van der Waals surface area contributed by atoms with Crippen LogP contribution in [-0.2, 0) is 0 Å². The summed E-state index contributed by atoms with van der Waals surface area (Å²) in [6.07, 6.45) is 0. The van der Waals surface area contributed by atoms with Crippen LogP contribution in [0.2, 0.25) is 0 Å². The molecule has 0 spiro atoms. The van der Waals surface area contributed by atoms with E-state index in [1.807, 2.05) is 42.5 Å². The molecule has 134 valence electrons. The zero-order valence-electron chi connectivity index (χ0n) is 14.3. The van der Waals surface area contributed by atoms with Gasteiger partial charge in [-0.25, -0.2) is 4.57 Å². The standard InChI is InChI=1S/C20H21N3O3/c24-17-8-6-15(7-9-17)21-10-12-22(13-11-21)18-14-19(25)23(20(18)26)16-4-2-1-3-5-16/h1-9,14,24-26H,10-13H2. The van der Waals surface area contributed by atoms with E-state index in [2.05, 4.69) is 9.80 Å². The Hall–Kier alpha value is -3.28. The topological polar surface area (TPSA) is 72.1 Å². The minimum Gasteiger partial charge on any atom is -0.508 e. The van der Waals surface area contributed by atoms with Gasteiger partial charge >= 0.3 is 0 Å². The third kappa shape index (κ3) is 2.90. The second kappa shape index (κ2) is 6.55. The van der Waals surface area contributed by atoms with E-state index in [4.69, 9.17) is 0 Å². The molecule has 2 heterocycles. The molecule has 0 aliphatic carbocycles. The highest BCUT2D eigenvalue weighted by atomic mass is 16.3. The van der Waals surface area contributed by atoms with Crippen molar-refractivity contribution in [1.82, 2.24) is 4.57 Å². The Balaban J connectivity index is 1.52. The van der Waals surface area contributed by atoms with Gasteiger partial charge in [-0.05, 0) is 36.4 Å². The van der Waals surface area contributed by atoms with E-state index in [1.165, 1.54) is 4.57 Å². The molecule has 3 aromatic rings. The fourth-order valence-electron chi connectivity index (χ4n) is 3.41. The van der Waals surface area contributed by atoms with Crippen LogP contribution in [0.1, 0.15) is 0 Å². The maximum Gasteiger partial charge on any atom is 0.223 e. The van der Waals surface area contributed by atoms with Gasteiger partial charge in [-0.15, -0.1) is 0 Å². The second-order valence-electron chi connectivity index (χ2n) is 6.37. The first-order valence-electron chi connectivity index (χ1n) is 8.61. The van der Waals surface area contributed by atoms with E-state index in [0.717, 1.165) is 37.6 Å². The average molecular weight is 351 g/mol. The fraction of sp³-hybridized carbons (Fsp3) is 0.200. The number of anilines is 2. The first kappa shape index (κ1) is 16.2. The van der Waals surface area contributed by atoms with Gasteiger partial charge in [0.05, 0.1) is 5.69 Å². The molecule has 6 heteroatoms. The molecule has 0 unspecified atom stereocenters. The van der Waals surface area contributed by atoms with Crippen LogP contribution in [0.25, 0.3) is 5.69 Å². The van der Waals surface area contributed by atoms with Gasteiger partial charge < -0.3 is 25.1 Å². The molecule has 0 amide bonds. The average Bonchev–Trinajstić information content (AvgIpc) is 2.97. The minimum atomic E-state index is 0.0182. The Bertz CT molecular complexity index is 883. The summed E-state index contributed by atoms with van der Waals surface area (Å²) in [7, 11) is 0. The number of aromatic nitrogens is 1. The zero-order chi connectivity index (χ0) is 18.1. The Labute approximate surface area is 151 Å². The van der Waals surface area contributed by atoms with Crippen LogP contribution < -0.4 is 9.80 Å². The minimum absolute atomic E-state index is 0.0182. The molecule has 1 fully saturated rings. The summed E-state index contributed by atoms with van der Waals surface area (Å²) in [6, 6.07) is 18.1. The molecular weight excluding hydrogens is 330 g/mol. The first-order valence-corrected chi connectivity index (χ1v) is 8.61. The fourth-order valence-corrected chi connectivity index (χ4v) is 3.41. The molecular formula is C20H21N3O3. The Morgan fingerprint density at radius 2 is 1.27 bits per heavy atom. The molecule has 1 aromatic heterocycles. The monoisotopic (exact) mass is 351 g/mol. The molecule has 6 nitrogen and oxygen atoms in total. The number of hydrogen-bond acceptors (Lipinski definition) is 5. The van der Waals surface area contributed by atoms with Crippen molar-refractivity contribution in [3.05, 3.63) is 60.7 Å². The molecule has 1 aliphatic heterocycles. The van der Waals surface area contributed by atoms with Crippen LogP contribution in [0.3, 0.4) is 0 Å². The summed E-state index contributed by atoms with van der Waals surface area (Å²) in [6.45, 7) is 3.04. The molecule has 2 aromatic carbocycles. The number of phenols is 1. The number of nitrogens with zero attached hydrogens (tertiary/aromatic N) is 3. The van der Waals surface area contributed by atoms with Gasteiger partial charge in [0.25, 0.3) is 0 Å². The molecule has 26 heavy (non-hydrogen) atoms. The van der Waals surface area contributed by atoms with Crippen molar-refractivity contribution in [3.63, 3.8) is 0 Å². The van der Waals surface area contributed by atoms with Gasteiger partial charge in [0, 0.05) is 37.9 Å². The summed E-state index contributed by atoms with van der Waals surface area (Å²) in [5.41, 5.74) is 2.42. The van der Waals surface area contributed by atoms with Crippen LogP contribution in [0.4, 0.5) is 11.4 Å². The van der Waals surface area contributed by atoms with E-state index in [0.29, 0.717) is 5.69 Å². The van der Waals surface area contributed by atoms with Gasteiger partial charge in [-0.1, -0.05) is 18.2 Å². The predicted molar refractivity (Wildman–Crippen MR) is 102 cm³/mol. The maximum absolute atomic E-state index is 10.6. The molecule has 3 N–H and O–H groups in total. The van der Waals surface area contributed by atoms with E-state index >= 15 is 0 Å². The van der Waals surface area contributed by atoms with Crippen molar-refractivity contribution in [1.29, 1.82) is 0 Å². The molecule has 1 saturated heterocycles. The molecule has 0 radical (unpaired) electrons. The number of phenolic OH excluding ortho intramolecular Hbond substituents is 1. The maximum atomic E-state index is 10.6. The summed E-state index contributed by atoms with van der Waals surface area (Å²) < 4.78 is 1.45. The zero-order valence-corrected chi connectivity index (χ0v) is 14.3. The third-order valence-corrected chi connectivity index (χ3v) is 4.79. The number of aromatic hydroxyl groups is 3. The van der Waals surface area contributed by atoms with Gasteiger partial charge in [-0.3, -0.25) is 0 Å². The smallest absolute Gasteiger partial charge is 0.223 e. The number of benzene rings is 2. The van der Waals surface area contributed by atoms with Crippen molar-refractivity contribution in [2.75, 3.05) is 36.0 Å². The van der Waals surface area contributed by atoms with Crippen molar-refractivity contribution < 1.29 is 15.3 Å². The SMILES string of the molecule is Oc1ccc(N2CCN(c3cc(O)n(-c4ccccc4)c3O)CC2)cc1. The summed E-state index contributed by atoms with van der Waals surface area (Å²) in [5.74, 6) is 0.325. The van der Waals surface area contributed by atoms with Gasteiger partial charge in [0.2, 0.25) is 11.8 Å². The summed E-state index contributed by atoms with van der Waals surface area (Å²) in [5, 5.41) is 30.4. The number of piperazine rings is 1. The van der Waals surface area contributed by atoms with Crippen LogP contribution >= 0.6 is 0 Å². The summed E-state index contributed by atoms with van der Waals surface area (Å²) >= 11 is 0. The predicted octanol–water partition coefficient (Wildman–Crippen LogP) is 2.92. The number of rotatable bonds is 3. The second-order valence-corrected chi connectivity index (χ2v) is 6.37. The normalized spacial score (nSPS) is 14.6. The molecule has 0 saturated carbocycles. The van der Waals surface area contributed by atoms with Crippen LogP contribution in [0.5, 0.6) is 17.5 Å². The Morgan fingerprint density at radius 1 is 0.654 bits per heavy atom. The Kier molecular flexibility index (Phi) is 4.08. The van der Waals surface area contributed by atoms with Gasteiger partial charge in [0.15, 0.2) is 0 Å². The highest BCUT2D eigenvalue weighted by molar-refractivity contribution is 5.64. The quantitative estimate of drug-likeness (QED) is 0.677. The highest BCUT2D eigenvalue weighted by Gasteiger charge is 2.24. The lowest BCUT2D eigenvalue weighted by Gasteiger charge is -2.36. The first-order chi connectivity index (χ1) is 12.6. The molecule has 0 atom stereocenters. The third-order valence-electron chi connectivity index (χ3n) is 4.79. The lowest BCUT2D eigenvalue weighted by atomic mass is 10.2. The number of hydrogen-bond donors (Lipinski definition) is 3. The molecule has 1 aliphatic rings. The highest BCUT2D eigenvalue weighted by Crippen LogP contribution is 2.38. The van der Waals surface area contributed by atoms with Crippen LogP contribution in [-0.4, -0.2) is 46.1 Å². The van der Waals surface area contributed by atoms with E-state index < -0.39 is 0 Å². The van der Waals surface area contributed by atoms with Crippen LogP contribution in [0, 0.1) is 0 Å². The van der Waals surface area contributed by atoms with Crippen molar-refractivity contribution >= 4 is 11.4 Å². The van der Waals surface area contributed by atoms with E-state index in [1.54, 1.807) is 18.2 Å². The van der Waals surface area contributed by atoms with Crippen molar-refractivity contribution in [2.24, 2.45) is 0 Å². The Morgan fingerprint density at radius 3 is 1.92 bits per heavy atom. The lowest BCUT2D eigenvalue weighted by Crippen LogP contribution is -2.46. The van der Waals surface area contributed by atoms with E-state index in [-0.39, 0.29) is 17.5 Å².